The van der Waals surface area contributed by atoms with E-state index in [1.165, 1.54) is 0 Å². The van der Waals surface area contributed by atoms with E-state index < -0.39 is 5.60 Å². The van der Waals surface area contributed by atoms with Gasteiger partial charge in [0.25, 0.3) is 0 Å². The van der Waals surface area contributed by atoms with E-state index in [1.807, 2.05) is 212 Å². The number of hydrogen-bond acceptors (Lipinski definition) is 4. The van der Waals surface area contributed by atoms with Crippen LogP contribution in [-0.4, -0.2) is 20.9 Å². The Morgan fingerprint density at radius 1 is 0.410 bits per heavy atom. The number of benzene rings is 8. The number of ketones is 1. The van der Waals surface area contributed by atoms with Crippen molar-refractivity contribution in [1.29, 1.82) is 0 Å². The Morgan fingerprint density at radius 3 is 1.21 bits per heavy atom. The van der Waals surface area contributed by atoms with Crippen LogP contribution in [0.1, 0.15) is 32.6 Å². The second-order valence-electron chi connectivity index (χ2n) is 14.3. The summed E-state index contributed by atoms with van der Waals surface area (Å²) in [5, 5.41) is 14.5. The highest BCUT2D eigenvalue weighted by Crippen LogP contribution is 2.42. The van der Waals surface area contributed by atoms with Crippen molar-refractivity contribution >= 4 is 43.5 Å². The Bertz CT molecular complexity index is 2900. The average molecular weight is 854 g/mol. The molecule has 10 rings (SSSR count). The molecule has 5 heteroatoms. The minimum absolute atomic E-state index is 0.0752. The lowest BCUT2D eigenvalue weighted by atomic mass is 9.78. The van der Waals surface area contributed by atoms with Crippen LogP contribution in [0.5, 0.6) is 0 Å². The number of aromatic nitrogens is 2. The quantitative estimate of drug-likeness (QED) is 0.162. The number of halogens is 1. The average Bonchev–Trinajstić information content (AvgIpc) is 3.35. The molecule has 61 heavy (non-hydrogen) atoms. The standard InChI is InChI=1S/C28H21NO.C15H10BrN.C13H10O/c30-28(23-15-6-2-7-16-23,24-17-8-3-9-18-24)25-20-22-14-10-11-19-26(22)29-27(25)21-12-4-1-5-13-21;16-13-10-12-8-4-5-9-14(12)17-15(13)11-6-2-1-3-7-11;14-13(11-7-3-1-4-8-11)12-9-5-2-6-10-12/h1-20,30H;1-10H;1-10H. The smallest absolute Gasteiger partial charge is 0.193 e. The van der Waals surface area contributed by atoms with Gasteiger partial charge in [0.2, 0.25) is 0 Å². The largest absolute Gasteiger partial charge is 0.376 e. The van der Waals surface area contributed by atoms with E-state index in [2.05, 4.69) is 46.3 Å². The SMILES string of the molecule is Brc1cc2ccccc2nc1-c1ccccc1.O=C(c1ccccc1)c1ccccc1.OC(c1ccccc1)(c1ccccc1)c1cc2ccccc2nc1-c1ccccc1. The zero-order chi connectivity index (χ0) is 41.9. The summed E-state index contributed by atoms with van der Waals surface area (Å²) in [6.07, 6.45) is 0. The van der Waals surface area contributed by atoms with Crippen molar-refractivity contribution in [1.82, 2.24) is 9.97 Å². The number of rotatable bonds is 7. The Labute approximate surface area is 364 Å². The summed E-state index contributed by atoms with van der Waals surface area (Å²) in [6.45, 7) is 0. The van der Waals surface area contributed by atoms with Crippen LogP contribution in [0.15, 0.2) is 247 Å². The Morgan fingerprint density at radius 2 is 0.754 bits per heavy atom. The van der Waals surface area contributed by atoms with Gasteiger partial charge in [0.05, 0.1) is 22.4 Å². The fourth-order valence-electron chi connectivity index (χ4n) is 7.28. The summed E-state index contributed by atoms with van der Waals surface area (Å²) in [4.78, 5) is 21.5. The third kappa shape index (κ3) is 9.29. The first-order valence-corrected chi connectivity index (χ1v) is 20.8. The van der Waals surface area contributed by atoms with Gasteiger partial charge in [0.15, 0.2) is 5.78 Å². The Balaban J connectivity index is 0.000000140. The molecule has 0 aliphatic carbocycles. The fourth-order valence-corrected chi connectivity index (χ4v) is 7.84. The van der Waals surface area contributed by atoms with Gasteiger partial charge >= 0.3 is 0 Å². The van der Waals surface area contributed by atoms with Crippen LogP contribution >= 0.6 is 15.9 Å². The van der Waals surface area contributed by atoms with Gasteiger partial charge in [-0.05, 0) is 51.3 Å². The van der Waals surface area contributed by atoms with Gasteiger partial charge in [0, 0.05) is 43.1 Å². The first-order valence-electron chi connectivity index (χ1n) is 20.0. The van der Waals surface area contributed by atoms with Crippen LogP contribution in [0.3, 0.4) is 0 Å². The maximum atomic E-state index is 12.4. The first kappa shape index (κ1) is 40.5. The lowest BCUT2D eigenvalue weighted by Gasteiger charge is -2.32. The summed E-state index contributed by atoms with van der Waals surface area (Å²) in [5.41, 5.74) is 8.32. The summed E-state index contributed by atoms with van der Waals surface area (Å²) >= 11 is 3.59. The predicted molar refractivity (Wildman–Crippen MR) is 253 cm³/mol. The fraction of sp³-hybridized carbons (Fsp3) is 0.0179. The van der Waals surface area contributed by atoms with Crippen molar-refractivity contribution < 1.29 is 9.90 Å². The molecule has 2 aromatic heterocycles. The molecule has 8 aromatic carbocycles. The van der Waals surface area contributed by atoms with Gasteiger partial charge in [-0.25, -0.2) is 9.97 Å². The zero-order valence-electron chi connectivity index (χ0n) is 33.2. The minimum Gasteiger partial charge on any atom is -0.376 e. The van der Waals surface area contributed by atoms with E-state index >= 15 is 0 Å². The maximum Gasteiger partial charge on any atom is 0.193 e. The lowest BCUT2D eigenvalue weighted by Crippen LogP contribution is -2.30. The molecule has 294 valence electrons. The van der Waals surface area contributed by atoms with E-state index in [0.29, 0.717) is 0 Å². The Kier molecular flexibility index (Phi) is 12.7. The van der Waals surface area contributed by atoms with Gasteiger partial charge < -0.3 is 5.11 Å². The number of nitrogens with zero attached hydrogens (tertiary/aromatic N) is 2. The van der Waals surface area contributed by atoms with Crippen LogP contribution in [0.25, 0.3) is 44.3 Å². The normalized spacial score (nSPS) is 10.9. The summed E-state index contributed by atoms with van der Waals surface area (Å²) < 4.78 is 1.03. The van der Waals surface area contributed by atoms with Crippen LogP contribution in [0.4, 0.5) is 0 Å². The summed E-state index contributed by atoms with van der Waals surface area (Å²) in [5.74, 6) is 0.0752. The maximum absolute atomic E-state index is 12.4. The van der Waals surface area contributed by atoms with Crippen molar-refractivity contribution in [2.75, 3.05) is 0 Å². The number of aliphatic hydroxyl groups is 1. The number of pyridine rings is 2. The van der Waals surface area contributed by atoms with Gasteiger partial charge in [-0.3, -0.25) is 4.79 Å². The summed E-state index contributed by atoms with van der Waals surface area (Å²) in [6, 6.07) is 78.9. The second-order valence-corrected chi connectivity index (χ2v) is 15.2. The lowest BCUT2D eigenvalue weighted by molar-refractivity contribution is 0.103. The molecule has 0 atom stereocenters. The van der Waals surface area contributed by atoms with Gasteiger partial charge in [-0.1, -0.05) is 218 Å². The molecule has 0 spiro atoms. The molecule has 4 nitrogen and oxygen atoms in total. The monoisotopic (exact) mass is 852 g/mol. The Hall–Kier alpha value is -7.31. The van der Waals surface area contributed by atoms with E-state index in [4.69, 9.17) is 9.97 Å². The first-order chi connectivity index (χ1) is 30.0. The molecule has 2 heterocycles. The molecule has 0 fully saturated rings. The molecule has 0 bridgehead atoms. The van der Waals surface area contributed by atoms with E-state index in [0.717, 1.165) is 76.6 Å². The van der Waals surface area contributed by atoms with Gasteiger partial charge in [-0.15, -0.1) is 0 Å². The van der Waals surface area contributed by atoms with Crippen molar-refractivity contribution in [2.24, 2.45) is 0 Å². The molecule has 0 saturated heterocycles. The van der Waals surface area contributed by atoms with Crippen molar-refractivity contribution in [3.05, 3.63) is 275 Å². The third-order valence-electron chi connectivity index (χ3n) is 10.3. The number of para-hydroxylation sites is 2. The highest BCUT2D eigenvalue weighted by atomic mass is 79.9. The van der Waals surface area contributed by atoms with E-state index in [1.54, 1.807) is 0 Å². The second kappa shape index (κ2) is 19.2. The van der Waals surface area contributed by atoms with Crippen molar-refractivity contribution in [2.45, 2.75) is 5.60 Å². The van der Waals surface area contributed by atoms with Crippen molar-refractivity contribution in [3.8, 4) is 22.5 Å². The molecule has 1 N–H and O–H groups in total. The molecule has 0 unspecified atom stereocenters. The summed E-state index contributed by atoms with van der Waals surface area (Å²) in [7, 11) is 0. The predicted octanol–water partition coefficient (Wildman–Crippen LogP) is 13.8. The van der Waals surface area contributed by atoms with Crippen LogP contribution in [0, 0.1) is 0 Å². The number of carbonyl (C=O) groups excluding carboxylic acids is 1. The number of fused-ring (bicyclic) bond motifs is 2. The van der Waals surface area contributed by atoms with E-state index in [-0.39, 0.29) is 5.78 Å². The molecule has 10 aromatic rings. The number of hydrogen-bond donors (Lipinski definition) is 1. The number of carbonyl (C=O) groups is 1. The van der Waals surface area contributed by atoms with Gasteiger partial charge in [0.1, 0.15) is 5.60 Å². The topological polar surface area (TPSA) is 63.1 Å². The van der Waals surface area contributed by atoms with E-state index in [9.17, 15) is 9.90 Å². The molecular weight excluding hydrogens is 813 g/mol. The zero-order valence-corrected chi connectivity index (χ0v) is 34.8. The molecule has 0 aliphatic rings. The minimum atomic E-state index is -1.34. The van der Waals surface area contributed by atoms with Crippen LogP contribution in [0.2, 0.25) is 0 Å². The van der Waals surface area contributed by atoms with Gasteiger partial charge in [-0.2, -0.15) is 0 Å². The highest BCUT2D eigenvalue weighted by molar-refractivity contribution is 9.10. The molecular formula is C56H41BrN2O2. The molecule has 0 aliphatic heterocycles. The highest BCUT2D eigenvalue weighted by Gasteiger charge is 2.37. The van der Waals surface area contributed by atoms with Crippen molar-refractivity contribution in [3.63, 3.8) is 0 Å². The third-order valence-corrected chi connectivity index (χ3v) is 10.9. The molecule has 0 radical (unpaired) electrons. The molecule has 0 saturated carbocycles. The van der Waals surface area contributed by atoms with Crippen LogP contribution in [-0.2, 0) is 5.60 Å². The van der Waals surface area contributed by atoms with Crippen LogP contribution < -0.4 is 0 Å². The molecule has 0 amide bonds.